The second-order valence-electron chi connectivity index (χ2n) is 4.43. The van der Waals surface area contributed by atoms with Gasteiger partial charge >= 0.3 is 0 Å². The van der Waals surface area contributed by atoms with E-state index in [9.17, 15) is 0 Å². The molecule has 90 valence electrons. The van der Waals surface area contributed by atoms with Gasteiger partial charge < -0.3 is 5.11 Å². The molecule has 0 aliphatic carbocycles. The van der Waals surface area contributed by atoms with E-state index in [1.165, 1.54) is 19.3 Å². The van der Waals surface area contributed by atoms with E-state index in [0.717, 1.165) is 30.9 Å². The van der Waals surface area contributed by atoms with Crippen LogP contribution < -0.4 is 0 Å². The Morgan fingerprint density at radius 3 is 3.00 bits per heavy atom. The van der Waals surface area contributed by atoms with E-state index in [1.807, 2.05) is 6.92 Å². The minimum atomic E-state index is 0.261. The number of piperidine rings is 1. The van der Waals surface area contributed by atoms with Crippen molar-refractivity contribution in [2.45, 2.75) is 45.2 Å². The van der Waals surface area contributed by atoms with Gasteiger partial charge in [-0.1, -0.05) is 16.7 Å². The summed E-state index contributed by atoms with van der Waals surface area (Å²) in [6.07, 6.45) is 4.51. The number of hydrogen-bond donors (Lipinski definition) is 1. The number of aryl methyl sites for hydroxylation is 1. The fraction of sp³-hybridized carbons (Fsp3) is 0.818. The van der Waals surface area contributed by atoms with Crippen LogP contribution in [0.2, 0.25) is 0 Å². The van der Waals surface area contributed by atoms with Crippen molar-refractivity contribution in [3.63, 3.8) is 0 Å². The van der Waals surface area contributed by atoms with Gasteiger partial charge in [0.15, 0.2) is 0 Å². The average molecular weight is 225 g/mol. The highest BCUT2D eigenvalue weighted by Gasteiger charge is 2.23. The van der Waals surface area contributed by atoms with Crippen LogP contribution in [0.15, 0.2) is 4.63 Å². The molecular formula is C11H19N3O2. The minimum absolute atomic E-state index is 0.261. The number of likely N-dealkylation sites (tertiary alicyclic amines) is 1. The molecule has 0 radical (unpaired) electrons. The van der Waals surface area contributed by atoms with E-state index in [4.69, 9.17) is 9.74 Å². The van der Waals surface area contributed by atoms with Crippen LogP contribution in [0.5, 0.6) is 0 Å². The normalized spacial score (nSPS) is 22.5. The quantitative estimate of drug-likeness (QED) is 0.831. The van der Waals surface area contributed by atoms with Crippen LogP contribution in [-0.4, -0.2) is 39.5 Å². The van der Waals surface area contributed by atoms with Crippen LogP contribution in [0.4, 0.5) is 0 Å². The van der Waals surface area contributed by atoms with Crippen LogP contribution in [0.3, 0.4) is 0 Å². The third-order valence-corrected chi connectivity index (χ3v) is 3.31. The van der Waals surface area contributed by atoms with Gasteiger partial charge in [-0.2, -0.15) is 0 Å². The van der Waals surface area contributed by atoms with Crippen molar-refractivity contribution in [3.8, 4) is 0 Å². The summed E-state index contributed by atoms with van der Waals surface area (Å²) < 4.78 is 4.71. The molecule has 0 bridgehead atoms. The maximum atomic E-state index is 9.04. The summed E-state index contributed by atoms with van der Waals surface area (Å²) >= 11 is 0. The van der Waals surface area contributed by atoms with Crippen molar-refractivity contribution in [2.24, 2.45) is 0 Å². The second-order valence-corrected chi connectivity index (χ2v) is 4.43. The van der Waals surface area contributed by atoms with Gasteiger partial charge in [-0.25, -0.2) is 4.63 Å². The van der Waals surface area contributed by atoms with Crippen molar-refractivity contribution in [2.75, 3.05) is 13.2 Å². The Balaban J connectivity index is 1.98. The van der Waals surface area contributed by atoms with Crippen molar-refractivity contribution < 1.29 is 9.74 Å². The predicted octanol–water partition coefficient (Wildman–Crippen LogP) is 1.11. The molecule has 1 N–H and O–H groups in total. The molecule has 1 aromatic rings. The molecule has 0 spiro atoms. The highest BCUT2D eigenvalue weighted by atomic mass is 16.6. The highest BCUT2D eigenvalue weighted by Crippen LogP contribution is 2.21. The maximum Gasteiger partial charge on any atom is 0.122 e. The Morgan fingerprint density at radius 2 is 2.31 bits per heavy atom. The number of hydrogen-bond acceptors (Lipinski definition) is 5. The van der Waals surface area contributed by atoms with E-state index >= 15 is 0 Å². The predicted molar refractivity (Wildman–Crippen MR) is 58.8 cm³/mol. The molecule has 0 amide bonds. The minimum Gasteiger partial charge on any atom is -0.396 e. The van der Waals surface area contributed by atoms with Crippen LogP contribution >= 0.6 is 0 Å². The molecule has 1 aliphatic rings. The van der Waals surface area contributed by atoms with Crippen LogP contribution in [0.1, 0.15) is 37.1 Å². The number of aromatic nitrogens is 2. The second kappa shape index (κ2) is 5.41. The fourth-order valence-corrected chi connectivity index (χ4v) is 2.33. The summed E-state index contributed by atoms with van der Waals surface area (Å²) in [7, 11) is 0. The number of nitrogens with zero attached hydrogens (tertiary/aromatic N) is 3. The summed E-state index contributed by atoms with van der Waals surface area (Å²) in [5.74, 6) is 0. The summed E-state index contributed by atoms with van der Waals surface area (Å²) in [5.41, 5.74) is 1.79. The standard InChI is InChI=1S/C11H19N3O2/c1-9-11(13-16-12-9)8-14-6-3-2-4-10(14)5-7-15/h10,15H,2-8H2,1H3. The Hall–Kier alpha value is -0.940. The van der Waals surface area contributed by atoms with E-state index < -0.39 is 0 Å². The molecule has 2 rings (SSSR count). The van der Waals surface area contributed by atoms with Crippen LogP contribution in [0.25, 0.3) is 0 Å². The lowest BCUT2D eigenvalue weighted by Crippen LogP contribution is -2.39. The van der Waals surface area contributed by atoms with E-state index in [2.05, 4.69) is 15.2 Å². The topological polar surface area (TPSA) is 62.4 Å². The van der Waals surface area contributed by atoms with Crippen LogP contribution in [-0.2, 0) is 6.54 Å². The molecule has 1 aromatic heterocycles. The van der Waals surface area contributed by atoms with Gasteiger partial charge in [0.05, 0.1) is 0 Å². The number of rotatable bonds is 4. The van der Waals surface area contributed by atoms with Crippen LogP contribution in [0, 0.1) is 6.92 Å². The molecule has 1 atom stereocenters. The molecule has 0 saturated carbocycles. The van der Waals surface area contributed by atoms with Gasteiger partial charge in [0.1, 0.15) is 11.4 Å². The monoisotopic (exact) mass is 225 g/mol. The zero-order chi connectivity index (χ0) is 11.4. The Kier molecular flexibility index (Phi) is 3.90. The lowest BCUT2D eigenvalue weighted by Gasteiger charge is -2.34. The third-order valence-electron chi connectivity index (χ3n) is 3.31. The van der Waals surface area contributed by atoms with E-state index in [1.54, 1.807) is 0 Å². The summed E-state index contributed by atoms with van der Waals surface area (Å²) in [4.78, 5) is 2.38. The third kappa shape index (κ3) is 2.59. The molecule has 0 aromatic carbocycles. The lowest BCUT2D eigenvalue weighted by atomic mass is 9.99. The maximum absolute atomic E-state index is 9.04. The van der Waals surface area contributed by atoms with Gasteiger partial charge in [-0.05, 0) is 32.7 Å². The number of aliphatic hydroxyl groups is 1. The first-order valence-electron chi connectivity index (χ1n) is 5.94. The SMILES string of the molecule is Cc1nonc1CN1CCCCC1CCO. The summed E-state index contributed by atoms with van der Waals surface area (Å²) in [6.45, 7) is 4.05. The van der Waals surface area contributed by atoms with Gasteiger partial charge in [-0.3, -0.25) is 4.90 Å². The van der Waals surface area contributed by atoms with Crippen molar-refractivity contribution >= 4 is 0 Å². The highest BCUT2D eigenvalue weighted by molar-refractivity contribution is 5.04. The first-order chi connectivity index (χ1) is 7.81. The summed E-state index contributed by atoms with van der Waals surface area (Å²) in [5, 5.41) is 16.7. The summed E-state index contributed by atoms with van der Waals surface area (Å²) in [6, 6.07) is 0.481. The number of aliphatic hydroxyl groups excluding tert-OH is 1. The van der Waals surface area contributed by atoms with Gasteiger partial charge in [0.2, 0.25) is 0 Å². The molecule has 5 nitrogen and oxygen atoms in total. The van der Waals surface area contributed by atoms with Crippen molar-refractivity contribution in [3.05, 3.63) is 11.4 Å². The van der Waals surface area contributed by atoms with Gasteiger partial charge in [0.25, 0.3) is 0 Å². The zero-order valence-corrected chi connectivity index (χ0v) is 9.72. The molecule has 1 fully saturated rings. The average Bonchev–Trinajstić information content (AvgIpc) is 2.68. The molecule has 1 aliphatic heterocycles. The molecule has 5 heteroatoms. The molecule has 16 heavy (non-hydrogen) atoms. The molecule has 1 unspecified atom stereocenters. The largest absolute Gasteiger partial charge is 0.396 e. The van der Waals surface area contributed by atoms with Gasteiger partial charge in [0, 0.05) is 19.2 Å². The van der Waals surface area contributed by atoms with E-state index in [-0.39, 0.29) is 6.61 Å². The van der Waals surface area contributed by atoms with Gasteiger partial charge in [-0.15, -0.1) is 0 Å². The zero-order valence-electron chi connectivity index (χ0n) is 9.72. The Morgan fingerprint density at radius 1 is 1.44 bits per heavy atom. The van der Waals surface area contributed by atoms with Crippen molar-refractivity contribution in [1.82, 2.24) is 15.2 Å². The fourth-order valence-electron chi connectivity index (χ4n) is 2.33. The molecule has 2 heterocycles. The molecular weight excluding hydrogens is 206 g/mol. The Labute approximate surface area is 95.4 Å². The lowest BCUT2D eigenvalue weighted by molar-refractivity contribution is 0.109. The smallest absolute Gasteiger partial charge is 0.122 e. The molecule has 1 saturated heterocycles. The van der Waals surface area contributed by atoms with E-state index in [0.29, 0.717) is 6.04 Å². The van der Waals surface area contributed by atoms with Crippen molar-refractivity contribution in [1.29, 1.82) is 0 Å². The first kappa shape index (κ1) is 11.5. The first-order valence-corrected chi connectivity index (χ1v) is 5.94. The Bertz CT molecular complexity index is 325.